The molecule has 4 heteroatoms. The van der Waals surface area contributed by atoms with Crippen molar-refractivity contribution in [2.75, 3.05) is 0 Å². The van der Waals surface area contributed by atoms with Crippen molar-refractivity contribution in [3.63, 3.8) is 0 Å². The molecule has 0 fully saturated rings. The lowest BCUT2D eigenvalue weighted by molar-refractivity contribution is 0.0993. The quantitative estimate of drug-likeness (QED) is 0.809. The molecule has 0 N–H and O–H groups in total. The number of rotatable bonds is 3. The second-order valence-corrected chi connectivity index (χ2v) is 5.41. The predicted molar refractivity (Wildman–Crippen MR) is 69.0 cm³/mol. The summed E-state index contributed by atoms with van der Waals surface area (Å²) in [6.45, 7) is 1.95. The standard InChI is InChI=1S/C12H10BrNOS/c1-8-2-3-9(13)4-11(8)12(15)5-10-6-14-7-16-10/h2-4,6-7H,5H2,1H3. The second kappa shape index (κ2) is 4.89. The highest BCUT2D eigenvalue weighted by atomic mass is 79.9. The molecule has 0 bridgehead atoms. The fraction of sp³-hybridized carbons (Fsp3) is 0.167. The van der Waals surface area contributed by atoms with Gasteiger partial charge in [0.15, 0.2) is 5.78 Å². The molecule has 0 amide bonds. The lowest BCUT2D eigenvalue weighted by atomic mass is 10.0. The van der Waals surface area contributed by atoms with Gasteiger partial charge in [-0.1, -0.05) is 22.0 Å². The van der Waals surface area contributed by atoms with E-state index in [9.17, 15) is 4.79 Å². The number of nitrogens with zero attached hydrogens (tertiary/aromatic N) is 1. The molecule has 0 spiro atoms. The van der Waals surface area contributed by atoms with Crippen LogP contribution in [0.1, 0.15) is 20.8 Å². The number of halogens is 1. The van der Waals surface area contributed by atoms with E-state index in [-0.39, 0.29) is 5.78 Å². The van der Waals surface area contributed by atoms with Gasteiger partial charge in [-0.15, -0.1) is 11.3 Å². The highest BCUT2D eigenvalue weighted by molar-refractivity contribution is 9.10. The summed E-state index contributed by atoms with van der Waals surface area (Å²) in [6, 6.07) is 5.77. The van der Waals surface area contributed by atoms with Gasteiger partial charge in [-0.05, 0) is 24.6 Å². The van der Waals surface area contributed by atoms with Crippen LogP contribution in [0, 0.1) is 6.92 Å². The number of aryl methyl sites for hydroxylation is 1. The summed E-state index contributed by atoms with van der Waals surface area (Å²) < 4.78 is 0.936. The highest BCUT2D eigenvalue weighted by Gasteiger charge is 2.11. The molecule has 0 saturated carbocycles. The molecule has 0 aliphatic carbocycles. The van der Waals surface area contributed by atoms with E-state index in [2.05, 4.69) is 20.9 Å². The van der Waals surface area contributed by atoms with E-state index < -0.39 is 0 Å². The van der Waals surface area contributed by atoms with Gasteiger partial charge >= 0.3 is 0 Å². The molecule has 1 aromatic heterocycles. The van der Waals surface area contributed by atoms with E-state index >= 15 is 0 Å². The van der Waals surface area contributed by atoms with Gasteiger partial charge in [-0.25, -0.2) is 0 Å². The van der Waals surface area contributed by atoms with Crippen LogP contribution in [0.3, 0.4) is 0 Å². The Hall–Kier alpha value is -1.00. The van der Waals surface area contributed by atoms with Gasteiger partial charge in [-0.3, -0.25) is 9.78 Å². The maximum absolute atomic E-state index is 12.0. The van der Waals surface area contributed by atoms with Crippen molar-refractivity contribution < 1.29 is 4.79 Å². The fourth-order valence-corrected chi connectivity index (χ4v) is 2.43. The summed E-state index contributed by atoms with van der Waals surface area (Å²) in [4.78, 5) is 17.0. The second-order valence-electron chi connectivity index (χ2n) is 3.53. The topological polar surface area (TPSA) is 30.0 Å². The van der Waals surface area contributed by atoms with Crippen molar-refractivity contribution in [3.8, 4) is 0 Å². The molecule has 2 nitrogen and oxygen atoms in total. The minimum Gasteiger partial charge on any atom is -0.294 e. The number of hydrogen-bond acceptors (Lipinski definition) is 3. The Kier molecular flexibility index (Phi) is 3.51. The molecule has 0 radical (unpaired) electrons. The van der Waals surface area contributed by atoms with Crippen LogP contribution in [-0.4, -0.2) is 10.8 Å². The van der Waals surface area contributed by atoms with Gasteiger partial charge in [0.05, 0.1) is 5.51 Å². The van der Waals surface area contributed by atoms with Crippen LogP contribution in [0.25, 0.3) is 0 Å². The third kappa shape index (κ3) is 2.57. The summed E-state index contributed by atoms with van der Waals surface area (Å²) in [5.41, 5.74) is 3.54. The van der Waals surface area contributed by atoms with Gasteiger partial charge in [0.1, 0.15) is 0 Å². The van der Waals surface area contributed by atoms with Crippen molar-refractivity contribution in [2.45, 2.75) is 13.3 Å². The van der Waals surface area contributed by atoms with Gasteiger partial charge in [0.2, 0.25) is 0 Å². The first-order valence-electron chi connectivity index (χ1n) is 4.83. The Morgan fingerprint density at radius 1 is 1.50 bits per heavy atom. The Balaban J connectivity index is 2.24. The first-order valence-corrected chi connectivity index (χ1v) is 6.51. The highest BCUT2D eigenvalue weighted by Crippen LogP contribution is 2.18. The molecule has 0 saturated heterocycles. The summed E-state index contributed by atoms with van der Waals surface area (Å²) in [6.07, 6.45) is 2.18. The van der Waals surface area contributed by atoms with Gasteiger partial charge in [0.25, 0.3) is 0 Å². The molecule has 0 aliphatic heterocycles. The Morgan fingerprint density at radius 2 is 2.31 bits per heavy atom. The van der Waals surface area contributed by atoms with Crippen LogP contribution in [-0.2, 0) is 6.42 Å². The van der Waals surface area contributed by atoms with Gasteiger partial charge in [-0.2, -0.15) is 0 Å². The Morgan fingerprint density at radius 3 is 3.00 bits per heavy atom. The number of hydrogen-bond donors (Lipinski definition) is 0. The maximum atomic E-state index is 12.0. The number of ketones is 1. The SMILES string of the molecule is Cc1ccc(Br)cc1C(=O)Cc1cncs1. The first-order chi connectivity index (χ1) is 7.66. The molecule has 16 heavy (non-hydrogen) atoms. The number of benzene rings is 1. The average molecular weight is 296 g/mol. The van der Waals surface area contributed by atoms with Crippen LogP contribution in [0.4, 0.5) is 0 Å². The zero-order chi connectivity index (χ0) is 11.5. The lowest BCUT2D eigenvalue weighted by Crippen LogP contribution is -2.04. The van der Waals surface area contributed by atoms with Crippen molar-refractivity contribution in [1.29, 1.82) is 0 Å². The summed E-state index contributed by atoms with van der Waals surface area (Å²) in [5.74, 6) is 0.142. The van der Waals surface area contributed by atoms with E-state index in [4.69, 9.17) is 0 Å². The van der Waals surface area contributed by atoms with Crippen molar-refractivity contribution in [2.24, 2.45) is 0 Å². The monoisotopic (exact) mass is 295 g/mol. The number of thiazole rings is 1. The Labute approximate surface area is 106 Å². The molecular weight excluding hydrogens is 286 g/mol. The molecular formula is C12H10BrNOS. The molecule has 0 atom stereocenters. The van der Waals surface area contributed by atoms with E-state index in [1.165, 1.54) is 11.3 Å². The average Bonchev–Trinajstić information content (AvgIpc) is 2.74. The zero-order valence-corrected chi connectivity index (χ0v) is 11.1. The molecule has 0 aliphatic rings. The largest absolute Gasteiger partial charge is 0.294 e. The van der Waals surface area contributed by atoms with Crippen molar-refractivity contribution in [3.05, 3.63) is 50.4 Å². The molecule has 1 heterocycles. The molecule has 2 aromatic rings. The normalized spacial score (nSPS) is 10.4. The van der Waals surface area contributed by atoms with Crippen molar-refractivity contribution >= 4 is 33.0 Å². The van der Waals surface area contributed by atoms with E-state index in [1.54, 1.807) is 11.7 Å². The molecule has 2 rings (SSSR count). The minimum atomic E-state index is 0.142. The van der Waals surface area contributed by atoms with Crippen LogP contribution < -0.4 is 0 Å². The summed E-state index contributed by atoms with van der Waals surface area (Å²) in [5, 5.41) is 0. The van der Waals surface area contributed by atoms with Gasteiger partial charge in [0, 0.05) is 27.5 Å². The third-order valence-electron chi connectivity index (χ3n) is 2.32. The maximum Gasteiger partial charge on any atom is 0.168 e. The minimum absolute atomic E-state index is 0.142. The molecule has 1 aromatic carbocycles. The zero-order valence-electron chi connectivity index (χ0n) is 8.74. The van der Waals surface area contributed by atoms with Gasteiger partial charge < -0.3 is 0 Å². The van der Waals surface area contributed by atoms with E-state index in [0.717, 1.165) is 20.5 Å². The van der Waals surface area contributed by atoms with Crippen LogP contribution in [0.15, 0.2) is 34.4 Å². The van der Waals surface area contributed by atoms with E-state index in [0.29, 0.717) is 6.42 Å². The lowest BCUT2D eigenvalue weighted by Gasteiger charge is -2.04. The number of Topliss-reactive ketones (excluding diaryl/α,β-unsaturated/α-hetero) is 1. The summed E-state index contributed by atoms with van der Waals surface area (Å²) >= 11 is 4.89. The van der Waals surface area contributed by atoms with E-state index in [1.807, 2.05) is 25.1 Å². The fourth-order valence-electron chi connectivity index (χ4n) is 1.48. The molecule has 0 unspecified atom stereocenters. The predicted octanol–water partition coefficient (Wildman–Crippen LogP) is 3.64. The number of carbonyl (C=O) groups excluding carboxylic acids is 1. The third-order valence-corrected chi connectivity index (χ3v) is 3.59. The number of aromatic nitrogens is 1. The van der Waals surface area contributed by atoms with Crippen LogP contribution in [0.5, 0.6) is 0 Å². The van der Waals surface area contributed by atoms with Crippen LogP contribution in [0.2, 0.25) is 0 Å². The smallest absolute Gasteiger partial charge is 0.168 e. The van der Waals surface area contributed by atoms with Crippen LogP contribution >= 0.6 is 27.3 Å². The summed E-state index contributed by atoms with van der Waals surface area (Å²) in [7, 11) is 0. The number of carbonyl (C=O) groups is 1. The Bertz CT molecular complexity index is 508. The van der Waals surface area contributed by atoms with Crippen molar-refractivity contribution in [1.82, 2.24) is 4.98 Å². The molecule has 82 valence electrons. The first kappa shape index (κ1) is 11.5.